The van der Waals surface area contributed by atoms with Crippen LogP contribution in [-0.4, -0.2) is 21.6 Å². The fraction of sp³-hybridized carbons (Fsp3) is 0.312. The number of benzene rings is 1. The summed E-state index contributed by atoms with van der Waals surface area (Å²) in [5, 5.41) is 3.47. The van der Waals surface area contributed by atoms with Crippen molar-refractivity contribution >= 4 is 23.4 Å². The van der Waals surface area contributed by atoms with Gasteiger partial charge in [0.1, 0.15) is 0 Å². The van der Waals surface area contributed by atoms with Gasteiger partial charge in [-0.05, 0) is 32.4 Å². The van der Waals surface area contributed by atoms with Crippen molar-refractivity contribution in [3.8, 4) is 0 Å². The van der Waals surface area contributed by atoms with Crippen molar-refractivity contribution in [3.05, 3.63) is 51.9 Å². The third kappa shape index (κ3) is 5.37. The number of carbonyl (C=O) groups excluding carboxylic acids is 1. The van der Waals surface area contributed by atoms with Crippen molar-refractivity contribution in [2.75, 3.05) is 11.1 Å². The van der Waals surface area contributed by atoms with Crippen LogP contribution in [-0.2, 0) is 4.79 Å². The Balaban J connectivity index is 1.73. The molecule has 0 unspecified atom stereocenters. The summed E-state index contributed by atoms with van der Waals surface area (Å²) in [5.41, 5.74) is 2.53. The van der Waals surface area contributed by atoms with Gasteiger partial charge in [-0.25, -0.2) is 4.98 Å². The molecule has 0 aliphatic rings. The predicted octanol–water partition coefficient (Wildman–Crippen LogP) is 2.90. The van der Waals surface area contributed by atoms with E-state index in [1.54, 1.807) is 6.92 Å². The summed E-state index contributed by atoms with van der Waals surface area (Å²) in [7, 11) is 0. The van der Waals surface area contributed by atoms with E-state index < -0.39 is 0 Å². The Morgan fingerprint density at radius 2 is 2.00 bits per heavy atom. The average molecular weight is 317 g/mol. The maximum Gasteiger partial charge on any atom is 0.251 e. The lowest BCUT2D eigenvalue weighted by Crippen LogP contribution is -2.11. The van der Waals surface area contributed by atoms with Gasteiger partial charge < -0.3 is 10.3 Å². The fourth-order valence-corrected chi connectivity index (χ4v) is 2.75. The Bertz CT molecular complexity index is 695. The first-order valence-electron chi connectivity index (χ1n) is 7.10. The third-order valence-corrected chi connectivity index (χ3v) is 3.93. The highest BCUT2D eigenvalue weighted by molar-refractivity contribution is 7.99. The molecule has 116 valence electrons. The molecule has 0 radical (unpaired) electrons. The number of aromatic nitrogens is 2. The fourth-order valence-electron chi connectivity index (χ4n) is 1.88. The molecule has 0 saturated carbocycles. The summed E-state index contributed by atoms with van der Waals surface area (Å²) >= 11 is 1.45. The number of anilines is 1. The van der Waals surface area contributed by atoms with Crippen LogP contribution < -0.4 is 10.9 Å². The van der Waals surface area contributed by atoms with Crippen LogP contribution in [0.15, 0.2) is 40.3 Å². The molecule has 2 aromatic rings. The number of aromatic amines is 1. The molecule has 1 amide bonds. The second-order valence-electron chi connectivity index (χ2n) is 5.06. The summed E-state index contributed by atoms with van der Waals surface area (Å²) in [6.07, 6.45) is 1.16. The Labute approximate surface area is 133 Å². The van der Waals surface area contributed by atoms with Crippen LogP contribution >= 0.6 is 11.8 Å². The highest BCUT2D eigenvalue weighted by Crippen LogP contribution is 2.14. The van der Waals surface area contributed by atoms with E-state index in [0.717, 1.165) is 23.4 Å². The van der Waals surface area contributed by atoms with E-state index in [2.05, 4.69) is 15.3 Å². The largest absolute Gasteiger partial charge is 0.326 e. The lowest BCUT2D eigenvalue weighted by molar-refractivity contribution is -0.116. The number of thioether (sulfide) groups is 1. The first-order valence-corrected chi connectivity index (χ1v) is 8.09. The second kappa shape index (κ2) is 7.79. The molecule has 0 atom stereocenters. The SMILES string of the molecule is Cc1ccc(NC(=O)CCCSc2nc(C)cc(=O)[nH]2)cc1. The lowest BCUT2D eigenvalue weighted by atomic mass is 10.2. The number of nitrogens with zero attached hydrogens (tertiary/aromatic N) is 1. The lowest BCUT2D eigenvalue weighted by Gasteiger charge is -2.05. The Morgan fingerprint density at radius 3 is 2.68 bits per heavy atom. The minimum Gasteiger partial charge on any atom is -0.326 e. The summed E-state index contributed by atoms with van der Waals surface area (Å²) in [5.74, 6) is 0.725. The van der Waals surface area contributed by atoms with E-state index >= 15 is 0 Å². The van der Waals surface area contributed by atoms with E-state index in [1.807, 2.05) is 31.2 Å². The molecule has 0 aliphatic heterocycles. The standard InChI is InChI=1S/C16H19N3O2S/c1-11-5-7-13(8-6-11)18-14(20)4-3-9-22-16-17-12(2)10-15(21)19-16/h5-8,10H,3-4,9H2,1-2H3,(H,18,20)(H,17,19,21). The van der Waals surface area contributed by atoms with E-state index in [0.29, 0.717) is 17.3 Å². The smallest absolute Gasteiger partial charge is 0.251 e. The molecule has 0 saturated heterocycles. The van der Waals surface area contributed by atoms with E-state index in [-0.39, 0.29) is 11.5 Å². The van der Waals surface area contributed by atoms with Gasteiger partial charge in [0, 0.05) is 29.6 Å². The van der Waals surface area contributed by atoms with E-state index in [1.165, 1.54) is 17.8 Å². The molecule has 1 aromatic carbocycles. The van der Waals surface area contributed by atoms with Crippen molar-refractivity contribution in [1.82, 2.24) is 9.97 Å². The van der Waals surface area contributed by atoms with Crippen LogP contribution in [0.5, 0.6) is 0 Å². The van der Waals surface area contributed by atoms with Crippen LogP contribution in [0.1, 0.15) is 24.1 Å². The van der Waals surface area contributed by atoms with Gasteiger partial charge in [-0.2, -0.15) is 0 Å². The zero-order valence-corrected chi connectivity index (χ0v) is 13.5. The quantitative estimate of drug-likeness (QED) is 0.488. The molecule has 5 nitrogen and oxygen atoms in total. The molecule has 2 rings (SSSR count). The number of amides is 1. The monoisotopic (exact) mass is 317 g/mol. The van der Waals surface area contributed by atoms with Gasteiger partial charge in [-0.3, -0.25) is 9.59 Å². The van der Waals surface area contributed by atoms with Crippen molar-refractivity contribution in [3.63, 3.8) is 0 Å². The second-order valence-corrected chi connectivity index (χ2v) is 6.14. The molecule has 1 aromatic heterocycles. The van der Waals surface area contributed by atoms with Crippen LogP contribution in [0.25, 0.3) is 0 Å². The van der Waals surface area contributed by atoms with Crippen LogP contribution in [0, 0.1) is 13.8 Å². The maximum atomic E-state index is 11.8. The average Bonchev–Trinajstić information content (AvgIpc) is 2.45. The summed E-state index contributed by atoms with van der Waals surface area (Å²) in [4.78, 5) is 30.0. The van der Waals surface area contributed by atoms with Crippen molar-refractivity contribution in [2.45, 2.75) is 31.8 Å². The molecule has 22 heavy (non-hydrogen) atoms. The summed E-state index contributed by atoms with van der Waals surface area (Å²) in [6.45, 7) is 3.79. The normalized spacial score (nSPS) is 10.5. The van der Waals surface area contributed by atoms with Crippen LogP contribution in [0.2, 0.25) is 0 Å². The number of aryl methyl sites for hydroxylation is 2. The van der Waals surface area contributed by atoms with Gasteiger partial charge in [0.05, 0.1) is 0 Å². The Morgan fingerprint density at radius 1 is 1.27 bits per heavy atom. The van der Waals surface area contributed by atoms with Gasteiger partial charge in [0.15, 0.2) is 5.16 Å². The summed E-state index contributed by atoms with van der Waals surface area (Å²) in [6, 6.07) is 9.17. The molecule has 2 N–H and O–H groups in total. The predicted molar refractivity (Wildman–Crippen MR) is 89.4 cm³/mol. The molecule has 6 heteroatoms. The number of rotatable bonds is 6. The maximum absolute atomic E-state index is 11.8. The Kier molecular flexibility index (Phi) is 5.77. The zero-order valence-electron chi connectivity index (χ0n) is 12.7. The van der Waals surface area contributed by atoms with E-state index in [9.17, 15) is 9.59 Å². The Hall–Kier alpha value is -2.08. The van der Waals surface area contributed by atoms with Crippen LogP contribution in [0.3, 0.4) is 0 Å². The molecular formula is C16H19N3O2S. The molecule has 0 fully saturated rings. The first kappa shape index (κ1) is 16.3. The minimum absolute atomic E-state index is 0.00449. The molecule has 1 heterocycles. The number of H-pyrrole nitrogens is 1. The molecule has 0 aliphatic carbocycles. The topological polar surface area (TPSA) is 74.8 Å². The van der Waals surface area contributed by atoms with Crippen molar-refractivity contribution < 1.29 is 4.79 Å². The van der Waals surface area contributed by atoms with Gasteiger partial charge in [0.2, 0.25) is 5.91 Å². The highest BCUT2D eigenvalue weighted by Gasteiger charge is 2.04. The van der Waals surface area contributed by atoms with Crippen molar-refractivity contribution in [2.24, 2.45) is 0 Å². The number of hydrogen-bond acceptors (Lipinski definition) is 4. The molecular weight excluding hydrogens is 298 g/mol. The van der Waals surface area contributed by atoms with Gasteiger partial charge >= 0.3 is 0 Å². The minimum atomic E-state index is -0.146. The van der Waals surface area contributed by atoms with E-state index in [4.69, 9.17) is 0 Å². The van der Waals surface area contributed by atoms with Gasteiger partial charge in [-0.1, -0.05) is 29.5 Å². The van der Waals surface area contributed by atoms with Crippen molar-refractivity contribution in [1.29, 1.82) is 0 Å². The first-order chi connectivity index (χ1) is 10.5. The number of nitrogens with one attached hydrogen (secondary N) is 2. The highest BCUT2D eigenvalue weighted by atomic mass is 32.2. The van der Waals surface area contributed by atoms with Gasteiger partial charge in [0.25, 0.3) is 5.56 Å². The zero-order chi connectivity index (χ0) is 15.9. The summed E-state index contributed by atoms with van der Waals surface area (Å²) < 4.78 is 0. The molecule has 0 spiro atoms. The molecule has 0 bridgehead atoms. The number of carbonyl (C=O) groups is 1. The number of hydrogen-bond donors (Lipinski definition) is 2. The van der Waals surface area contributed by atoms with Gasteiger partial charge in [-0.15, -0.1) is 0 Å². The van der Waals surface area contributed by atoms with Crippen LogP contribution in [0.4, 0.5) is 5.69 Å². The third-order valence-electron chi connectivity index (χ3n) is 2.97.